The molecule has 6 aromatic carbocycles. The van der Waals surface area contributed by atoms with Gasteiger partial charge in [-0.3, -0.25) is 0 Å². The van der Waals surface area contributed by atoms with Gasteiger partial charge < -0.3 is 4.90 Å². The molecule has 0 aromatic heterocycles. The third-order valence-electron chi connectivity index (χ3n) is 9.81. The summed E-state index contributed by atoms with van der Waals surface area (Å²) in [4.78, 5) is 2.55. The second-order valence-corrected chi connectivity index (χ2v) is 13.0. The minimum atomic E-state index is -0.145. The van der Waals surface area contributed by atoms with E-state index in [1.165, 1.54) is 72.7 Å². The first-order valence-corrected chi connectivity index (χ1v) is 15.3. The zero-order valence-corrected chi connectivity index (χ0v) is 25.2. The Bertz CT molecular complexity index is 1920. The summed E-state index contributed by atoms with van der Waals surface area (Å²) >= 11 is 0. The average molecular weight is 554 g/mol. The van der Waals surface area contributed by atoms with Crippen molar-refractivity contribution in [3.8, 4) is 33.4 Å². The molecular weight excluding hydrogens is 518 g/mol. The van der Waals surface area contributed by atoms with Gasteiger partial charge in [0.1, 0.15) is 0 Å². The van der Waals surface area contributed by atoms with Gasteiger partial charge in [-0.05, 0) is 79.9 Å². The van der Waals surface area contributed by atoms with Crippen LogP contribution in [0, 0.1) is 0 Å². The van der Waals surface area contributed by atoms with E-state index in [2.05, 4.69) is 172 Å². The van der Waals surface area contributed by atoms with Gasteiger partial charge in [-0.25, -0.2) is 0 Å². The van der Waals surface area contributed by atoms with Crippen molar-refractivity contribution in [3.63, 3.8) is 0 Å². The number of anilines is 3. The van der Waals surface area contributed by atoms with Crippen LogP contribution in [0.4, 0.5) is 17.1 Å². The summed E-state index contributed by atoms with van der Waals surface area (Å²) in [6, 6.07) is 51.4. The maximum Gasteiger partial charge on any atom is 0.0508 e. The predicted molar refractivity (Wildman–Crippen MR) is 182 cm³/mol. The standard InChI is InChI=1S/C42H35N/c1-41(2)35-23-10-8-19-31(35)33-21-13-25-37(39(33)41)43(30-18-12-17-29(27-30)28-15-6-5-7-16-28)38-26-14-22-34-32-20-9-11-24-36(32)42(3,4)40(34)38/h5-27H,1-4H3. The molecule has 0 fully saturated rings. The van der Waals surface area contributed by atoms with E-state index in [0.717, 1.165) is 0 Å². The number of nitrogens with zero attached hydrogens (tertiary/aromatic N) is 1. The Morgan fingerprint density at radius 2 is 0.837 bits per heavy atom. The Balaban J connectivity index is 1.43. The largest absolute Gasteiger partial charge is 0.310 e. The Kier molecular flexibility index (Phi) is 5.59. The third-order valence-corrected chi connectivity index (χ3v) is 9.81. The van der Waals surface area contributed by atoms with Gasteiger partial charge in [0.2, 0.25) is 0 Å². The van der Waals surface area contributed by atoms with Gasteiger partial charge >= 0.3 is 0 Å². The number of rotatable bonds is 4. The van der Waals surface area contributed by atoms with Gasteiger partial charge in [-0.15, -0.1) is 0 Å². The fraction of sp³-hybridized carbons (Fsp3) is 0.143. The maximum atomic E-state index is 2.55. The molecule has 43 heavy (non-hydrogen) atoms. The van der Waals surface area contributed by atoms with Crippen LogP contribution < -0.4 is 4.90 Å². The summed E-state index contributed by atoms with van der Waals surface area (Å²) in [5.41, 5.74) is 16.7. The molecule has 1 heteroatoms. The molecule has 2 aliphatic rings. The van der Waals surface area contributed by atoms with Crippen molar-refractivity contribution in [3.05, 3.63) is 162 Å². The third kappa shape index (κ3) is 3.71. The summed E-state index contributed by atoms with van der Waals surface area (Å²) in [5, 5.41) is 0. The van der Waals surface area contributed by atoms with Crippen molar-refractivity contribution in [2.75, 3.05) is 4.90 Å². The van der Waals surface area contributed by atoms with E-state index < -0.39 is 0 Å². The first-order valence-electron chi connectivity index (χ1n) is 15.3. The summed E-state index contributed by atoms with van der Waals surface area (Å²) in [6.45, 7) is 9.54. The molecule has 0 spiro atoms. The molecule has 8 rings (SSSR count). The summed E-state index contributed by atoms with van der Waals surface area (Å²) in [5.74, 6) is 0. The Hall–Kier alpha value is -4.88. The lowest BCUT2D eigenvalue weighted by Crippen LogP contribution is -2.24. The molecule has 2 aliphatic carbocycles. The van der Waals surface area contributed by atoms with E-state index in [0.29, 0.717) is 0 Å². The monoisotopic (exact) mass is 553 g/mol. The predicted octanol–water partition coefficient (Wildman–Crippen LogP) is 11.4. The van der Waals surface area contributed by atoms with Crippen molar-refractivity contribution in [2.24, 2.45) is 0 Å². The minimum Gasteiger partial charge on any atom is -0.310 e. The average Bonchev–Trinajstić information content (AvgIpc) is 3.43. The van der Waals surface area contributed by atoms with Crippen molar-refractivity contribution < 1.29 is 0 Å². The van der Waals surface area contributed by atoms with Crippen molar-refractivity contribution in [1.82, 2.24) is 0 Å². The van der Waals surface area contributed by atoms with Crippen LogP contribution in [0.1, 0.15) is 49.9 Å². The molecule has 0 heterocycles. The molecular formula is C42H35N. The molecule has 0 atom stereocenters. The minimum absolute atomic E-state index is 0.145. The van der Waals surface area contributed by atoms with Crippen LogP contribution in [0.2, 0.25) is 0 Å². The van der Waals surface area contributed by atoms with E-state index in [9.17, 15) is 0 Å². The van der Waals surface area contributed by atoms with Crippen LogP contribution in [-0.4, -0.2) is 0 Å². The molecule has 0 bridgehead atoms. The van der Waals surface area contributed by atoms with Crippen LogP contribution in [0.3, 0.4) is 0 Å². The van der Waals surface area contributed by atoms with Gasteiger partial charge in [0, 0.05) is 16.5 Å². The molecule has 0 unspecified atom stereocenters. The highest BCUT2D eigenvalue weighted by Crippen LogP contribution is 2.58. The van der Waals surface area contributed by atoms with E-state index in [1.807, 2.05) is 0 Å². The van der Waals surface area contributed by atoms with Crippen LogP contribution in [0.15, 0.2) is 140 Å². The zero-order chi connectivity index (χ0) is 29.3. The molecule has 0 aliphatic heterocycles. The van der Waals surface area contributed by atoms with E-state index in [1.54, 1.807) is 0 Å². The van der Waals surface area contributed by atoms with Crippen LogP contribution in [0.25, 0.3) is 33.4 Å². The molecule has 1 nitrogen and oxygen atoms in total. The number of fused-ring (bicyclic) bond motifs is 6. The highest BCUT2D eigenvalue weighted by Gasteiger charge is 2.42. The summed E-state index contributed by atoms with van der Waals surface area (Å²) in [7, 11) is 0. The number of benzene rings is 6. The van der Waals surface area contributed by atoms with E-state index in [4.69, 9.17) is 0 Å². The normalized spacial score (nSPS) is 14.9. The topological polar surface area (TPSA) is 3.24 Å². The van der Waals surface area contributed by atoms with Crippen LogP contribution >= 0.6 is 0 Å². The fourth-order valence-corrected chi connectivity index (χ4v) is 7.87. The summed E-state index contributed by atoms with van der Waals surface area (Å²) < 4.78 is 0. The second kappa shape index (κ2) is 9.31. The van der Waals surface area contributed by atoms with Crippen molar-refractivity contribution in [1.29, 1.82) is 0 Å². The Morgan fingerprint density at radius 3 is 1.40 bits per heavy atom. The smallest absolute Gasteiger partial charge is 0.0508 e. The van der Waals surface area contributed by atoms with Crippen LogP contribution in [0.5, 0.6) is 0 Å². The van der Waals surface area contributed by atoms with Gasteiger partial charge in [-0.2, -0.15) is 0 Å². The zero-order valence-electron chi connectivity index (χ0n) is 25.2. The van der Waals surface area contributed by atoms with Crippen LogP contribution in [-0.2, 0) is 10.8 Å². The molecule has 6 aromatic rings. The molecule has 0 radical (unpaired) electrons. The quantitative estimate of drug-likeness (QED) is 0.210. The maximum absolute atomic E-state index is 2.55. The molecule has 208 valence electrons. The first-order chi connectivity index (χ1) is 20.9. The van der Waals surface area contributed by atoms with E-state index in [-0.39, 0.29) is 10.8 Å². The molecule has 0 saturated carbocycles. The molecule has 0 N–H and O–H groups in total. The lowest BCUT2D eigenvalue weighted by molar-refractivity contribution is 0.656. The Morgan fingerprint density at radius 1 is 0.395 bits per heavy atom. The first kappa shape index (κ1) is 25.8. The lowest BCUT2D eigenvalue weighted by Gasteiger charge is -2.35. The number of hydrogen-bond acceptors (Lipinski definition) is 1. The van der Waals surface area contributed by atoms with Gasteiger partial charge in [-0.1, -0.05) is 143 Å². The van der Waals surface area contributed by atoms with Gasteiger partial charge in [0.05, 0.1) is 11.4 Å². The van der Waals surface area contributed by atoms with Gasteiger partial charge in [0.15, 0.2) is 0 Å². The van der Waals surface area contributed by atoms with Crippen molar-refractivity contribution in [2.45, 2.75) is 38.5 Å². The highest BCUT2D eigenvalue weighted by molar-refractivity contribution is 5.95. The number of hydrogen-bond donors (Lipinski definition) is 0. The Labute approximate surface area is 255 Å². The molecule has 0 saturated heterocycles. The SMILES string of the molecule is CC1(C)c2ccccc2-c2cccc(N(c3cccc(-c4ccccc4)c3)c3cccc4c3C(C)(C)c3ccccc3-4)c21. The summed E-state index contributed by atoms with van der Waals surface area (Å²) in [6.07, 6.45) is 0. The van der Waals surface area contributed by atoms with Crippen molar-refractivity contribution >= 4 is 17.1 Å². The second-order valence-electron chi connectivity index (χ2n) is 13.0. The lowest BCUT2D eigenvalue weighted by atomic mass is 9.80. The van der Waals surface area contributed by atoms with E-state index >= 15 is 0 Å². The fourth-order valence-electron chi connectivity index (χ4n) is 7.87. The molecule has 0 amide bonds. The van der Waals surface area contributed by atoms with Gasteiger partial charge in [0.25, 0.3) is 0 Å². The highest BCUT2D eigenvalue weighted by atomic mass is 15.2.